The van der Waals surface area contributed by atoms with Gasteiger partial charge in [-0.05, 0) is 30.7 Å². The van der Waals surface area contributed by atoms with Gasteiger partial charge in [0.2, 0.25) is 5.91 Å². The summed E-state index contributed by atoms with van der Waals surface area (Å²) in [5.74, 6) is 1.08. The van der Waals surface area contributed by atoms with E-state index in [9.17, 15) is 9.59 Å². The minimum atomic E-state index is -0.574. The lowest BCUT2D eigenvalue weighted by Crippen LogP contribution is -2.53. The molecule has 0 saturated carbocycles. The van der Waals surface area contributed by atoms with Gasteiger partial charge in [-0.1, -0.05) is 37.3 Å². The van der Waals surface area contributed by atoms with Crippen LogP contribution in [0.5, 0.6) is 5.75 Å². The van der Waals surface area contributed by atoms with Crippen molar-refractivity contribution in [2.45, 2.75) is 32.1 Å². The highest BCUT2D eigenvalue weighted by Gasteiger charge is 2.28. The van der Waals surface area contributed by atoms with Gasteiger partial charge in [-0.2, -0.15) is 5.10 Å². The predicted molar refractivity (Wildman–Crippen MR) is 122 cm³/mol. The molecule has 32 heavy (non-hydrogen) atoms. The molecule has 4 rings (SSSR count). The molecule has 2 unspecified atom stereocenters. The number of anilines is 2. The van der Waals surface area contributed by atoms with E-state index >= 15 is 0 Å². The Balaban J connectivity index is 1.59. The first-order chi connectivity index (χ1) is 15.6. The van der Waals surface area contributed by atoms with Gasteiger partial charge in [0, 0.05) is 29.8 Å². The second-order valence-electron chi connectivity index (χ2n) is 7.48. The zero-order valence-electron chi connectivity index (χ0n) is 18.0. The molecule has 3 amide bonds. The Kier molecular flexibility index (Phi) is 6.37. The van der Waals surface area contributed by atoms with Crippen molar-refractivity contribution in [1.29, 1.82) is 0 Å². The van der Waals surface area contributed by atoms with Gasteiger partial charge in [0.25, 0.3) is 0 Å². The van der Waals surface area contributed by atoms with Crippen LogP contribution >= 0.6 is 0 Å². The molecule has 1 aliphatic heterocycles. The number of hydrogen-bond acceptors (Lipinski definition) is 5. The fourth-order valence-electron chi connectivity index (χ4n) is 3.54. The van der Waals surface area contributed by atoms with Crippen molar-refractivity contribution in [2.75, 3.05) is 17.7 Å². The van der Waals surface area contributed by atoms with Gasteiger partial charge < -0.3 is 15.4 Å². The zero-order chi connectivity index (χ0) is 22.5. The summed E-state index contributed by atoms with van der Waals surface area (Å²) in [6, 6.07) is 18.1. The van der Waals surface area contributed by atoms with E-state index < -0.39 is 12.3 Å². The van der Waals surface area contributed by atoms with Gasteiger partial charge in [0.05, 0.1) is 12.8 Å². The Hall–Kier alpha value is -3.85. The summed E-state index contributed by atoms with van der Waals surface area (Å²) >= 11 is 0. The van der Waals surface area contributed by atoms with Crippen LogP contribution in [-0.2, 0) is 4.79 Å². The minimum absolute atomic E-state index is 0.0269. The number of aromatic nitrogens is 2. The molecule has 3 aromatic rings. The Morgan fingerprint density at radius 3 is 2.59 bits per heavy atom. The number of nitrogens with zero attached hydrogens (tertiary/aromatic N) is 2. The zero-order valence-corrected chi connectivity index (χ0v) is 18.0. The van der Waals surface area contributed by atoms with Crippen LogP contribution in [0.2, 0.25) is 0 Å². The van der Waals surface area contributed by atoms with Crippen molar-refractivity contribution in [3.8, 4) is 17.0 Å². The molecule has 9 heteroatoms. The molecule has 0 aliphatic carbocycles. The second-order valence-corrected chi connectivity index (χ2v) is 7.48. The second kappa shape index (κ2) is 9.52. The van der Waals surface area contributed by atoms with Crippen molar-refractivity contribution in [2.24, 2.45) is 0 Å². The third kappa shape index (κ3) is 4.89. The maximum Gasteiger partial charge on any atom is 0.324 e. The summed E-state index contributed by atoms with van der Waals surface area (Å²) < 4.78 is 6.74. The molecule has 4 N–H and O–H groups in total. The number of rotatable bonds is 6. The average Bonchev–Trinajstić information content (AvgIpc) is 3.23. The predicted octanol–water partition coefficient (Wildman–Crippen LogP) is 3.55. The maximum atomic E-state index is 12.7. The van der Waals surface area contributed by atoms with E-state index in [0.717, 1.165) is 12.0 Å². The van der Waals surface area contributed by atoms with E-state index in [-0.39, 0.29) is 11.9 Å². The topological polar surface area (TPSA) is 109 Å². The van der Waals surface area contributed by atoms with Crippen LogP contribution in [0.15, 0.2) is 60.7 Å². The summed E-state index contributed by atoms with van der Waals surface area (Å²) in [5.41, 5.74) is 2.20. The SMILES string of the molecule is CCC1CC(=O)NC(n2nc(-c3ccccc3)cc2NC(=O)Nc2ccc(OC)cc2)N1. The average molecular weight is 435 g/mol. The van der Waals surface area contributed by atoms with Gasteiger partial charge in [-0.15, -0.1) is 0 Å². The monoisotopic (exact) mass is 434 g/mol. The third-order valence-corrected chi connectivity index (χ3v) is 5.26. The molecular weight excluding hydrogens is 408 g/mol. The van der Waals surface area contributed by atoms with E-state index in [1.54, 1.807) is 42.1 Å². The highest BCUT2D eigenvalue weighted by Crippen LogP contribution is 2.25. The molecule has 0 spiro atoms. The fourth-order valence-corrected chi connectivity index (χ4v) is 3.54. The summed E-state index contributed by atoms with van der Waals surface area (Å²) in [5, 5.41) is 16.6. The van der Waals surface area contributed by atoms with Gasteiger partial charge in [-0.25, -0.2) is 9.48 Å². The van der Waals surface area contributed by atoms with Crippen LogP contribution in [0.1, 0.15) is 26.1 Å². The molecule has 9 nitrogen and oxygen atoms in total. The van der Waals surface area contributed by atoms with Gasteiger partial charge in [-0.3, -0.25) is 15.4 Å². The van der Waals surface area contributed by atoms with Crippen molar-refractivity contribution in [1.82, 2.24) is 20.4 Å². The summed E-state index contributed by atoms with van der Waals surface area (Å²) in [4.78, 5) is 24.9. The van der Waals surface area contributed by atoms with E-state index in [1.165, 1.54) is 0 Å². The van der Waals surface area contributed by atoms with Gasteiger partial charge in [0.15, 0.2) is 6.29 Å². The Labute approximate surface area is 186 Å². The van der Waals surface area contributed by atoms with Crippen molar-refractivity contribution >= 4 is 23.4 Å². The quantitative estimate of drug-likeness (QED) is 0.474. The Morgan fingerprint density at radius 1 is 1.16 bits per heavy atom. The molecule has 1 aromatic heterocycles. The molecule has 2 heterocycles. The number of ether oxygens (including phenoxy) is 1. The molecule has 1 saturated heterocycles. The van der Waals surface area contributed by atoms with Crippen LogP contribution in [0, 0.1) is 0 Å². The van der Waals surface area contributed by atoms with Crippen LogP contribution in [0.25, 0.3) is 11.3 Å². The standard InChI is InChI=1S/C23H26N6O3/c1-3-16-13-21(30)27-22(24-16)29-20(14-19(28-29)15-7-5-4-6-8-15)26-23(31)25-17-9-11-18(32-2)12-10-17/h4-12,14,16,22,24H,3,13H2,1-2H3,(H,27,30)(H2,25,26,31). The number of methoxy groups -OCH3 is 1. The summed E-state index contributed by atoms with van der Waals surface area (Å²) in [6.45, 7) is 2.02. The maximum absolute atomic E-state index is 12.7. The van der Waals surface area contributed by atoms with E-state index in [2.05, 4.69) is 26.4 Å². The van der Waals surface area contributed by atoms with Crippen LogP contribution in [-0.4, -0.2) is 34.9 Å². The lowest BCUT2D eigenvalue weighted by Gasteiger charge is -2.31. The van der Waals surface area contributed by atoms with E-state index in [0.29, 0.717) is 29.4 Å². The molecule has 166 valence electrons. The Morgan fingerprint density at radius 2 is 1.91 bits per heavy atom. The summed E-state index contributed by atoms with van der Waals surface area (Å²) in [6.07, 6.45) is 0.632. The number of amides is 3. The fraction of sp³-hybridized carbons (Fsp3) is 0.261. The largest absolute Gasteiger partial charge is 0.497 e. The molecule has 2 atom stereocenters. The summed E-state index contributed by atoms with van der Waals surface area (Å²) in [7, 11) is 1.59. The minimum Gasteiger partial charge on any atom is -0.497 e. The molecule has 1 fully saturated rings. The first-order valence-electron chi connectivity index (χ1n) is 10.5. The molecule has 2 aromatic carbocycles. The number of urea groups is 1. The van der Waals surface area contributed by atoms with Crippen molar-refractivity contribution in [3.63, 3.8) is 0 Å². The smallest absolute Gasteiger partial charge is 0.324 e. The van der Waals surface area contributed by atoms with E-state index in [1.807, 2.05) is 37.3 Å². The first kappa shape index (κ1) is 21.4. The number of carbonyl (C=O) groups excluding carboxylic acids is 2. The molecule has 0 radical (unpaired) electrons. The van der Waals surface area contributed by atoms with E-state index in [4.69, 9.17) is 4.74 Å². The highest BCUT2D eigenvalue weighted by atomic mass is 16.5. The first-order valence-corrected chi connectivity index (χ1v) is 10.5. The van der Waals surface area contributed by atoms with Gasteiger partial charge in [0.1, 0.15) is 11.6 Å². The number of benzene rings is 2. The number of hydrogen-bond donors (Lipinski definition) is 4. The van der Waals surface area contributed by atoms with Gasteiger partial charge >= 0.3 is 6.03 Å². The highest BCUT2D eigenvalue weighted by molar-refractivity contribution is 5.99. The van der Waals surface area contributed by atoms with Crippen LogP contribution in [0.4, 0.5) is 16.3 Å². The molecule has 1 aliphatic rings. The number of carbonyl (C=O) groups is 2. The van der Waals surface area contributed by atoms with Crippen molar-refractivity contribution in [3.05, 3.63) is 60.7 Å². The normalized spacial score (nSPS) is 18.0. The third-order valence-electron chi connectivity index (χ3n) is 5.26. The van der Waals surface area contributed by atoms with Crippen LogP contribution < -0.4 is 26.0 Å². The molecule has 0 bridgehead atoms. The lowest BCUT2D eigenvalue weighted by molar-refractivity contribution is -0.125. The molecular formula is C23H26N6O3. The Bertz CT molecular complexity index is 1080. The number of nitrogens with one attached hydrogen (secondary N) is 4. The van der Waals surface area contributed by atoms with Crippen molar-refractivity contribution < 1.29 is 14.3 Å². The van der Waals surface area contributed by atoms with Crippen LogP contribution in [0.3, 0.4) is 0 Å². The lowest BCUT2D eigenvalue weighted by atomic mass is 10.1.